The fourth-order valence-electron chi connectivity index (χ4n) is 1.33. The second-order valence-corrected chi connectivity index (χ2v) is 4.88. The van der Waals surface area contributed by atoms with Crippen molar-refractivity contribution in [2.45, 2.75) is 19.2 Å². The zero-order chi connectivity index (χ0) is 13.7. The molecule has 0 saturated carbocycles. The zero-order valence-electron chi connectivity index (χ0n) is 10.7. The van der Waals surface area contributed by atoms with E-state index in [1.165, 1.54) is 19.2 Å². The first-order valence-corrected chi connectivity index (χ1v) is 6.15. The molecule has 0 bridgehead atoms. The summed E-state index contributed by atoms with van der Waals surface area (Å²) >= 11 is 6.01. The molecule has 0 aliphatic heterocycles. The van der Waals surface area contributed by atoms with Crippen LogP contribution in [0.2, 0.25) is 0 Å². The molecule has 0 aliphatic rings. The average molecular weight is 274 g/mol. The van der Waals surface area contributed by atoms with Crippen LogP contribution in [0.1, 0.15) is 24.2 Å². The van der Waals surface area contributed by atoms with Gasteiger partial charge < -0.3 is 10.1 Å². The molecular formula is C13H17ClFNO2. The van der Waals surface area contributed by atoms with Gasteiger partial charge in [0.05, 0.1) is 18.1 Å². The minimum absolute atomic E-state index is 0.0107. The number of rotatable bonds is 5. The third-order valence-electron chi connectivity index (χ3n) is 2.60. The molecule has 1 N–H and O–H groups in total. The number of alkyl halides is 1. The van der Waals surface area contributed by atoms with Crippen molar-refractivity contribution < 1.29 is 13.9 Å². The Kier molecular flexibility index (Phi) is 5.41. The lowest BCUT2D eigenvalue weighted by Crippen LogP contribution is -2.32. The van der Waals surface area contributed by atoms with Crippen LogP contribution in [0.15, 0.2) is 18.2 Å². The van der Waals surface area contributed by atoms with Gasteiger partial charge in [0.1, 0.15) is 11.6 Å². The Balaban J connectivity index is 2.67. The summed E-state index contributed by atoms with van der Waals surface area (Å²) in [4.78, 5) is 11.7. The van der Waals surface area contributed by atoms with Gasteiger partial charge in [-0.1, -0.05) is 13.8 Å². The van der Waals surface area contributed by atoms with Gasteiger partial charge in [0, 0.05) is 12.6 Å². The van der Waals surface area contributed by atoms with Gasteiger partial charge in [-0.05, 0) is 18.1 Å². The Morgan fingerprint density at radius 3 is 2.67 bits per heavy atom. The summed E-state index contributed by atoms with van der Waals surface area (Å²) in [5, 5.41) is 2.44. The van der Waals surface area contributed by atoms with Gasteiger partial charge >= 0.3 is 0 Å². The van der Waals surface area contributed by atoms with E-state index in [1.54, 1.807) is 6.07 Å². The Bertz CT molecular complexity index is 423. The van der Waals surface area contributed by atoms with E-state index in [4.69, 9.17) is 16.3 Å². The Morgan fingerprint density at radius 1 is 1.50 bits per heavy atom. The number of carbonyl (C=O) groups excluding carboxylic acids is 1. The molecule has 0 aliphatic carbocycles. The van der Waals surface area contributed by atoms with E-state index in [9.17, 15) is 9.18 Å². The summed E-state index contributed by atoms with van der Waals surface area (Å²) in [6, 6.07) is 4.11. The molecule has 1 atom stereocenters. The second kappa shape index (κ2) is 6.59. The van der Waals surface area contributed by atoms with E-state index in [-0.39, 0.29) is 16.9 Å². The smallest absolute Gasteiger partial charge is 0.254 e. The monoisotopic (exact) mass is 273 g/mol. The predicted octanol–water partition coefficient (Wildman–Crippen LogP) is 2.83. The molecule has 1 unspecified atom stereocenters. The van der Waals surface area contributed by atoms with Crippen LogP contribution in [0.3, 0.4) is 0 Å². The molecule has 5 heteroatoms. The Hall–Kier alpha value is -1.29. The number of hydrogen-bond acceptors (Lipinski definition) is 2. The third kappa shape index (κ3) is 3.88. The summed E-state index contributed by atoms with van der Waals surface area (Å²) in [6.07, 6.45) is 0. The van der Waals surface area contributed by atoms with E-state index in [0.717, 1.165) is 0 Å². The van der Waals surface area contributed by atoms with Crippen LogP contribution in [0, 0.1) is 11.7 Å². The predicted molar refractivity (Wildman–Crippen MR) is 69.8 cm³/mol. The minimum atomic E-state index is -0.609. The van der Waals surface area contributed by atoms with Crippen molar-refractivity contribution in [2.24, 2.45) is 5.92 Å². The molecule has 0 saturated heterocycles. The van der Waals surface area contributed by atoms with Crippen LogP contribution >= 0.6 is 11.6 Å². The van der Waals surface area contributed by atoms with Gasteiger partial charge in [-0.15, -0.1) is 11.6 Å². The summed E-state index contributed by atoms with van der Waals surface area (Å²) in [6.45, 7) is 4.22. The molecule has 3 nitrogen and oxygen atoms in total. The minimum Gasteiger partial charge on any atom is -0.497 e. The van der Waals surface area contributed by atoms with Crippen molar-refractivity contribution in [1.29, 1.82) is 0 Å². The van der Waals surface area contributed by atoms with Crippen LogP contribution in [0.25, 0.3) is 0 Å². The molecule has 0 fully saturated rings. The molecule has 0 radical (unpaired) electrons. The van der Waals surface area contributed by atoms with E-state index >= 15 is 0 Å². The molecule has 1 amide bonds. The van der Waals surface area contributed by atoms with Crippen molar-refractivity contribution in [1.82, 2.24) is 5.32 Å². The first-order chi connectivity index (χ1) is 8.45. The quantitative estimate of drug-likeness (QED) is 0.838. The SMILES string of the molecule is COc1ccc(C(=O)NCC(Cl)C(C)C)c(F)c1. The zero-order valence-corrected chi connectivity index (χ0v) is 11.4. The van der Waals surface area contributed by atoms with Gasteiger partial charge in [0.15, 0.2) is 0 Å². The first-order valence-electron chi connectivity index (χ1n) is 5.71. The van der Waals surface area contributed by atoms with Crippen molar-refractivity contribution in [2.75, 3.05) is 13.7 Å². The highest BCUT2D eigenvalue weighted by atomic mass is 35.5. The molecule has 1 rings (SSSR count). The normalized spacial score (nSPS) is 12.3. The van der Waals surface area contributed by atoms with Crippen LogP contribution in [-0.2, 0) is 0 Å². The van der Waals surface area contributed by atoms with E-state index in [0.29, 0.717) is 12.3 Å². The Labute approximate surface area is 111 Å². The maximum Gasteiger partial charge on any atom is 0.254 e. The molecule has 18 heavy (non-hydrogen) atoms. The maximum atomic E-state index is 13.6. The average Bonchev–Trinajstić information content (AvgIpc) is 2.34. The molecule has 0 spiro atoms. The number of methoxy groups -OCH3 is 1. The second-order valence-electron chi connectivity index (χ2n) is 4.32. The van der Waals surface area contributed by atoms with Crippen molar-refractivity contribution in [3.05, 3.63) is 29.6 Å². The van der Waals surface area contributed by atoms with E-state index < -0.39 is 11.7 Å². The molecular weight excluding hydrogens is 257 g/mol. The topological polar surface area (TPSA) is 38.3 Å². The standard InChI is InChI=1S/C13H17ClFNO2/c1-8(2)11(14)7-16-13(17)10-5-4-9(18-3)6-12(10)15/h4-6,8,11H,7H2,1-3H3,(H,16,17). The maximum absolute atomic E-state index is 13.6. The summed E-state index contributed by atoms with van der Waals surface area (Å²) in [5.41, 5.74) is -0.0107. The lowest BCUT2D eigenvalue weighted by atomic mass is 10.1. The van der Waals surface area contributed by atoms with E-state index in [2.05, 4.69) is 5.32 Å². The number of ether oxygens (including phenoxy) is 1. The van der Waals surface area contributed by atoms with Gasteiger partial charge in [0.2, 0.25) is 0 Å². The van der Waals surface area contributed by atoms with Gasteiger partial charge in [0.25, 0.3) is 5.91 Å². The van der Waals surface area contributed by atoms with Crippen LogP contribution in [-0.4, -0.2) is 24.9 Å². The number of carbonyl (C=O) groups is 1. The van der Waals surface area contributed by atoms with Gasteiger partial charge in [-0.25, -0.2) is 4.39 Å². The number of amides is 1. The lowest BCUT2D eigenvalue weighted by molar-refractivity contribution is 0.0948. The van der Waals surface area contributed by atoms with Gasteiger partial charge in [-0.3, -0.25) is 4.79 Å². The number of hydrogen-bond donors (Lipinski definition) is 1. The largest absolute Gasteiger partial charge is 0.497 e. The molecule has 100 valence electrons. The number of nitrogens with one attached hydrogen (secondary N) is 1. The fourth-order valence-corrected chi connectivity index (χ4v) is 1.41. The van der Waals surface area contributed by atoms with Crippen LogP contribution < -0.4 is 10.1 Å². The van der Waals surface area contributed by atoms with Crippen LogP contribution in [0.5, 0.6) is 5.75 Å². The van der Waals surface area contributed by atoms with Gasteiger partial charge in [-0.2, -0.15) is 0 Å². The number of halogens is 2. The number of benzene rings is 1. The summed E-state index contributed by atoms with van der Waals surface area (Å²) in [7, 11) is 1.44. The van der Waals surface area contributed by atoms with Crippen LogP contribution in [0.4, 0.5) is 4.39 Å². The highest BCUT2D eigenvalue weighted by Crippen LogP contribution is 2.16. The highest BCUT2D eigenvalue weighted by Gasteiger charge is 2.15. The molecule has 0 aromatic heterocycles. The van der Waals surface area contributed by atoms with Crippen molar-refractivity contribution >= 4 is 17.5 Å². The Morgan fingerprint density at radius 2 is 2.17 bits per heavy atom. The summed E-state index contributed by atoms with van der Waals surface area (Å²) in [5.74, 6) is -0.460. The first kappa shape index (κ1) is 14.8. The summed E-state index contributed by atoms with van der Waals surface area (Å²) < 4.78 is 18.5. The van der Waals surface area contributed by atoms with E-state index in [1.807, 2.05) is 13.8 Å². The molecule has 1 aromatic rings. The van der Waals surface area contributed by atoms with Crippen molar-refractivity contribution in [3.8, 4) is 5.75 Å². The fraction of sp³-hybridized carbons (Fsp3) is 0.462. The third-order valence-corrected chi connectivity index (χ3v) is 3.26. The molecule has 0 heterocycles. The van der Waals surface area contributed by atoms with Crippen molar-refractivity contribution in [3.63, 3.8) is 0 Å². The lowest BCUT2D eigenvalue weighted by Gasteiger charge is -2.14. The highest BCUT2D eigenvalue weighted by molar-refractivity contribution is 6.21. The molecule has 1 aromatic carbocycles.